The third kappa shape index (κ3) is 21.6. The van der Waals surface area contributed by atoms with Gasteiger partial charge in [0.05, 0.1) is 59.3 Å². The number of benzene rings is 2. The van der Waals surface area contributed by atoms with E-state index in [1.807, 2.05) is 70.2 Å². The number of nitrogens with zero attached hydrogens (tertiary/aromatic N) is 11. The summed E-state index contributed by atoms with van der Waals surface area (Å²) in [5, 5.41) is 9.90. The van der Waals surface area contributed by atoms with Crippen LogP contribution < -0.4 is 19.3 Å². The van der Waals surface area contributed by atoms with Crippen LogP contribution in [0.1, 0.15) is 108 Å². The van der Waals surface area contributed by atoms with Crippen LogP contribution in [-0.4, -0.2) is 159 Å². The summed E-state index contributed by atoms with van der Waals surface area (Å²) in [7, 11) is 2.48. The number of ether oxygens (including phenoxy) is 6. The molecule has 6 heterocycles. The van der Waals surface area contributed by atoms with Crippen LogP contribution in [-0.2, 0) is 18.9 Å². The first-order valence-electron chi connectivity index (χ1n) is 37.2. The molecule has 4 saturated carbocycles. The van der Waals surface area contributed by atoms with Gasteiger partial charge in [-0.15, -0.1) is 0 Å². The number of hydrogen-bond acceptors (Lipinski definition) is 18. The zero-order chi connectivity index (χ0) is 74.5. The maximum atomic E-state index is 11.7. The molecule has 8 aromatic rings. The summed E-state index contributed by atoms with van der Waals surface area (Å²) in [5.74, 6) is 6.91. The van der Waals surface area contributed by atoms with Gasteiger partial charge in [0.15, 0.2) is 29.7 Å². The van der Waals surface area contributed by atoms with Gasteiger partial charge < -0.3 is 38.2 Å². The number of hydrogen-bond donors (Lipinski definition) is 1. The van der Waals surface area contributed by atoms with Gasteiger partial charge >= 0.3 is 24.8 Å². The van der Waals surface area contributed by atoms with Crippen LogP contribution in [0.2, 0.25) is 103 Å². The van der Waals surface area contributed by atoms with Gasteiger partial charge in [0.25, 0.3) is 0 Å². The molecule has 2 aromatic carbocycles. The molecule has 6 atom stereocenters. The summed E-state index contributed by atoms with van der Waals surface area (Å²) < 4.78 is 43.8. The molecule has 0 saturated heterocycles. The summed E-state index contributed by atoms with van der Waals surface area (Å²) in [6.45, 7) is 33.2. The Labute approximate surface area is 636 Å². The van der Waals surface area contributed by atoms with Crippen LogP contribution in [0.5, 0.6) is 11.5 Å². The van der Waals surface area contributed by atoms with Crippen molar-refractivity contribution in [2.45, 2.75) is 179 Å². The Bertz CT molecular complexity index is 4120. The summed E-state index contributed by atoms with van der Waals surface area (Å²) in [4.78, 5) is 48.2. The first kappa shape index (κ1) is 80.5. The van der Waals surface area contributed by atoms with E-state index in [1.54, 1.807) is 26.4 Å². The Hall–Kier alpha value is -6.08. The summed E-state index contributed by atoms with van der Waals surface area (Å²) in [6.07, 6.45) is 22.0. The molecule has 0 amide bonds. The Balaban J connectivity index is 0.000000215. The van der Waals surface area contributed by atoms with Gasteiger partial charge in [-0.25, -0.2) is 9.97 Å². The third-order valence-corrected chi connectivity index (χ3v) is 28.3. The molecule has 26 heteroatoms. The van der Waals surface area contributed by atoms with E-state index in [1.165, 1.54) is 64.2 Å². The molecule has 4 fully saturated rings. The van der Waals surface area contributed by atoms with Gasteiger partial charge in [-0.3, -0.25) is 19.6 Å². The van der Waals surface area contributed by atoms with Crippen LogP contribution in [0.15, 0.2) is 100 Å². The summed E-state index contributed by atoms with van der Waals surface area (Å²) in [5.41, 5.74) is 11.9. The van der Waals surface area contributed by atoms with Crippen molar-refractivity contribution in [1.82, 2.24) is 39.2 Å². The SMILES string of the molecule is COc1ccc(-c2ccc(-c3cnn4c(N(COCC[Si](C)(C)C)COCC[Si](C)(C)C)c(Br)c(C5C[C@H]6CC[C@@H](C5)C6)nc34)cn2)cc1C=O.COc1ccc(-c2ccc(-c3cnn4c(N(COCC[Si](C)(C)C)COCC[Si](C)(C)C)cc(C5C[C@H]6CC[C@@H](C5)C6)nc34)cn2)cc1C=O.[B]=NS. The van der Waals surface area contributed by atoms with Crippen molar-refractivity contribution in [2.24, 2.45) is 28.0 Å². The second kappa shape index (κ2) is 36.2. The number of thiol groups is 1. The van der Waals surface area contributed by atoms with Gasteiger partial charge in [-0.1, -0.05) is 116 Å². The minimum atomic E-state index is -1.26. The quantitative estimate of drug-likeness (QED) is 0.0137. The van der Waals surface area contributed by atoms with Gasteiger partial charge in [0.2, 0.25) is 0 Å². The molecule has 12 rings (SSSR count). The number of fused-ring (bicyclic) bond motifs is 6. The average Bonchev–Trinajstić information content (AvgIpc) is 1.54. The summed E-state index contributed by atoms with van der Waals surface area (Å²) >= 11 is 7.29. The fraction of sp³-hybridized carbons (Fsp3) is 0.538. The molecule has 4 aliphatic rings. The van der Waals surface area contributed by atoms with E-state index in [0.717, 1.165) is 170 Å². The van der Waals surface area contributed by atoms with E-state index < -0.39 is 32.3 Å². The van der Waals surface area contributed by atoms with E-state index in [4.69, 9.17) is 58.6 Å². The number of pyridine rings is 2. The van der Waals surface area contributed by atoms with Gasteiger partial charge in [0, 0.05) is 128 Å². The molecule has 104 heavy (non-hydrogen) atoms. The fourth-order valence-electron chi connectivity index (χ4n) is 14.8. The molecule has 1 radical (unpaired) electrons. The van der Waals surface area contributed by atoms with Gasteiger partial charge in [-0.2, -0.15) is 19.2 Å². The van der Waals surface area contributed by atoms with Crippen molar-refractivity contribution >= 4 is 104 Å². The molecule has 4 aliphatic carbocycles. The maximum absolute atomic E-state index is 11.7. The monoisotopic (exact) mass is 1560 g/mol. The Morgan fingerprint density at radius 2 is 0.904 bits per heavy atom. The van der Waals surface area contributed by atoms with Crippen molar-refractivity contribution in [1.29, 1.82) is 0 Å². The molecule has 0 spiro atoms. The number of anilines is 2. The molecule has 0 N–H and O–H groups in total. The second-order valence-electron chi connectivity index (χ2n) is 33.8. The Kier molecular flexibility index (Phi) is 28.0. The number of aldehydes is 2. The first-order valence-corrected chi connectivity index (χ1v) is 53.2. The molecular weight excluding hydrogens is 1450 g/mol. The molecule has 4 bridgehead atoms. The molecule has 2 unspecified atom stereocenters. The number of aromatic nitrogens is 8. The van der Waals surface area contributed by atoms with E-state index in [-0.39, 0.29) is 0 Å². The zero-order valence-electron chi connectivity index (χ0n) is 63.9. The molecule has 6 aromatic heterocycles. The van der Waals surface area contributed by atoms with Crippen LogP contribution in [0.25, 0.3) is 56.1 Å². The Morgan fingerprint density at radius 3 is 1.29 bits per heavy atom. The first-order chi connectivity index (χ1) is 49.6. The Morgan fingerprint density at radius 1 is 0.519 bits per heavy atom. The fourth-order valence-corrected chi connectivity index (χ4v) is 18.6. The number of carbonyl (C=O) groups is 2. The normalized spacial score (nSPS) is 18.7. The van der Waals surface area contributed by atoms with Crippen molar-refractivity contribution in [3.63, 3.8) is 0 Å². The van der Waals surface area contributed by atoms with E-state index >= 15 is 0 Å². The predicted octanol–water partition coefficient (Wildman–Crippen LogP) is 19.0. The second-order valence-corrected chi connectivity index (χ2v) is 57.3. The summed E-state index contributed by atoms with van der Waals surface area (Å²) in [6, 6.07) is 25.9. The van der Waals surface area contributed by atoms with Crippen LogP contribution in [0.4, 0.5) is 11.6 Å². The molecule has 19 nitrogen and oxygen atoms in total. The van der Waals surface area contributed by atoms with Crippen molar-refractivity contribution in [3.05, 3.63) is 119 Å². The topological polar surface area (TPSA) is 195 Å². The van der Waals surface area contributed by atoms with Crippen molar-refractivity contribution in [2.75, 3.05) is 77.4 Å². The van der Waals surface area contributed by atoms with Crippen molar-refractivity contribution in [3.8, 4) is 56.3 Å². The predicted molar refractivity (Wildman–Crippen MR) is 439 cm³/mol. The van der Waals surface area contributed by atoms with Gasteiger partial charge in [0.1, 0.15) is 44.2 Å². The number of methoxy groups -OCH3 is 2. The molecule has 557 valence electrons. The minimum absolute atomic E-state index is 0.377. The number of carbonyl (C=O) groups excluding carboxylic acids is 2. The van der Waals surface area contributed by atoms with Crippen LogP contribution in [0, 0.1) is 23.7 Å². The van der Waals surface area contributed by atoms with Crippen LogP contribution in [0.3, 0.4) is 0 Å². The molecule has 0 aliphatic heterocycles. The van der Waals surface area contributed by atoms with E-state index in [9.17, 15) is 9.59 Å². The third-order valence-electron chi connectivity index (χ3n) is 20.7. The molecular formula is C78H110BBrN11O8SSi4. The van der Waals surface area contributed by atoms with Crippen molar-refractivity contribution < 1.29 is 38.0 Å². The number of halogens is 1. The standard InChI is InChI=1S/C39H54BrN5O4Si2.C39H55N5O4Si2.BHNS/c1-47-35-13-11-29(21-32(35)24-46)34-12-10-30(22-41-34)33-23-42-45-38(33)43-37(31-19-27-8-9-28(18-27)20-31)36(40)39(45)44(25-48-14-16-50(2,3)4)26-49-15-17-51(5,6)7;1-46-37-13-11-30(21-33(37)25-45)35-12-10-31(23-40-35)34-24-41-44-38(22-36(42-39(34)44)32-19-28-8-9-29(18-28)20-32)43(26-47-14-16-49(2,3)4)27-48-15-17-50(5,6)7;1-2-3/h10-13,21-24,27-28,31H,8-9,14-20,25-26H2,1-7H3;10-13,21-25,28-29,32H,8-9,14-20,26-27H2,1-7H3;3H/t27-,28+,31?;28-,29+,32?;. The van der Waals surface area contributed by atoms with Gasteiger partial charge in [-0.05, 0) is 151 Å². The van der Waals surface area contributed by atoms with E-state index in [2.05, 4.69) is 147 Å². The average molecular weight is 1560 g/mol. The number of rotatable bonds is 32. The van der Waals surface area contributed by atoms with Crippen LogP contribution >= 0.6 is 28.7 Å². The zero-order valence-corrected chi connectivity index (χ0v) is 70.4. The van der Waals surface area contributed by atoms with E-state index in [0.29, 0.717) is 61.4 Å².